The first-order valence-electron chi connectivity index (χ1n) is 4.73. The molecule has 1 aromatic rings. The molecule has 14 heavy (non-hydrogen) atoms. The fourth-order valence-corrected chi connectivity index (χ4v) is 2.61. The van der Waals surface area contributed by atoms with Gasteiger partial charge in [-0.25, -0.2) is 4.98 Å². The van der Waals surface area contributed by atoms with Gasteiger partial charge in [0.15, 0.2) is 0 Å². The van der Waals surface area contributed by atoms with Crippen molar-refractivity contribution < 1.29 is 5.11 Å². The summed E-state index contributed by atoms with van der Waals surface area (Å²) in [6.07, 6.45) is 3.88. The van der Waals surface area contributed by atoms with Gasteiger partial charge in [0.2, 0.25) is 0 Å². The van der Waals surface area contributed by atoms with Crippen molar-refractivity contribution in [2.24, 2.45) is 0 Å². The van der Waals surface area contributed by atoms with E-state index in [4.69, 9.17) is 0 Å². The predicted molar refractivity (Wildman–Crippen MR) is 58.2 cm³/mol. The van der Waals surface area contributed by atoms with Gasteiger partial charge < -0.3 is 5.11 Å². The van der Waals surface area contributed by atoms with E-state index < -0.39 is 0 Å². The van der Waals surface area contributed by atoms with E-state index in [0.29, 0.717) is 11.8 Å². The van der Waals surface area contributed by atoms with Gasteiger partial charge in [0, 0.05) is 17.8 Å². The van der Waals surface area contributed by atoms with Crippen molar-refractivity contribution in [3.63, 3.8) is 0 Å². The summed E-state index contributed by atoms with van der Waals surface area (Å²) in [5.74, 6) is 0.339. The Morgan fingerprint density at radius 2 is 2.43 bits per heavy atom. The van der Waals surface area contributed by atoms with E-state index in [1.165, 1.54) is 6.42 Å². The first-order valence-corrected chi connectivity index (χ1v) is 5.53. The van der Waals surface area contributed by atoms with Crippen LogP contribution in [0.2, 0.25) is 0 Å². The standard InChI is InChI=1S/C10H13BrN2O/c1-13-6-2-3-7(13)9-8(14)4-5-12-10(9)11/h4-5,7H,2-3,6H2,1H3,(H,12,14). The lowest BCUT2D eigenvalue weighted by Crippen LogP contribution is -2.18. The molecule has 0 aromatic carbocycles. The fourth-order valence-electron chi connectivity index (χ4n) is 2.02. The first kappa shape index (κ1) is 9.93. The highest BCUT2D eigenvalue weighted by Gasteiger charge is 2.27. The molecule has 0 saturated carbocycles. The van der Waals surface area contributed by atoms with Crippen molar-refractivity contribution in [3.05, 3.63) is 22.4 Å². The third-order valence-corrected chi connectivity index (χ3v) is 3.40. The Labute approximate surface area is 91.9 Å². The summed E-state index contributed by atoms with van der Waals surface area (Å²) < 4.78 is 0.760. The average Bonchev–Trinajstić information content (AvgIpc) is 2.52. The topological polar surface area (TPSA) is 36.4 Å². The fraction of sp³-hybridized carbons (Fsp3) is 0.500. The number of nitrogens with zero attached hydrogens (tertiary/aromatic N) is 2. The second-order valence-electron chi connectivity index (χ2n) is 3.67. The maximum absolute atomic E-state index is 9.77. The largest absolute Gasteiger partial charge is 0.507 e. The highest BCUT2D eigenvalue weighted by atomic mass is 79.9. The van der Waals surface area contributed by atoms with Gasteiger partial charge >= 0.3 is 0 Å². The quantitative estimate of drug-likeness (QED) is 0.784. The van der Waals surface area contributed by atoms with Crippen LogP contribution in [0.5, 0.6) is 5.75 Å². The molecule has 4 heteroatoms. The minimum Gasteiger partial charge on any atom is -0.507 e. The van der Waals surface area contributed by atoms with Crippen LogP contribution in [0.3, 0.4) is 0 Å². The maximum atomic E-state index is 9.77. The van der Waals surface area contributed by atoms with Crippen LogP contribution >= 0.6 is 15.9 Å². The Balaban J connectivity index is 2.39. The van der Waals surface area contributed by atoms with Crippen molar-refractivity contribution in [3.8, 4) is 5.75 Å². The van der Waals surface area contributed by atoms with Crippen molar-refractivity contribution in [1.82, 2.24) is 9.88 Å². The molecule has 0 amide bonds. The molecule has 0 aliphatic carbocycles. The lowest BCUT2D eigenvalue weighted by Gasteiger charge is -2.21. The third-order valence-electron chi connectivity index (χ3n) is 2.77. The number of rotatable bonds is 1. The van der Waals surface area contributed by atoms with Crippen molar-refractivity contribution in [1.29, 1.82) is 0 Å². The summed E-state index contributed by atoms with van der Waals surface area (Å²) in [5, 5.41) is 9.77. The van der Waals surface area contributed by atoms with E-state index in [2.05, 4.69) is 32.9 Å². The second-order valence-corrected chi connectivity index (χ2v) is 4.42. The predicted octanol–water partition coefficient (Wildman–Crippen LogP) is 2.32. The zero-order valence-electron chi connectivity index (χ0n) is 8.07. The number of likely N-dealkylation sites (tertiary alicyclic amines) is 1. The molecule has 1 aliphatic rings. The molecule has 1 unspecified atom stereocenters. The molecule has 76 valence electrons. The van der Waals surface area contributed by atoms with Crippen LogP contribution in [0.15, 0.2) is 16.9 Å². The van der Waals surface area contributed by atoms with Crippen LogP contribution in [0.4, 0.5) is 0 Å². The van der Waals surface area contributed by atoms with E-state index in [0.717, 1.165) is 23.1 Å². The van der Waals surface area contributed by atoms with E-state index in [1.54, 1.807) is 12.3 Å². The highest BCUT2D eigenvalue weighted by Crippen LogP contribution is 2.38. The van der Waals surface area contributed by atoms with Gasteiger partial charge in [0.05, 0.1) is 0 Å². The zero-order chi connectivity index (χ0) is 10.1. The van der Waals surface area contributed by atoms with Crippen LogP contribution in [0.25, 0.3) is 0 Å². The molecule has 1 fully saturated rings. The molecule has 3 nitrogen and oxygen atoms in total. The molecule has 1 atom stereocenters. The Hall–Kier alpha value is -0.610. The summed E-state index contributed by atoms with van der Waals surface area (Å²) in [5.41, 5.74) is 0.924. The van der Waals surface area contributed by atoms with E-state index in [9.17, 15) is 5.11 Å². The van der Waals surface area contributed by atoms with Gasteiger partial charge in [-0.3, -0.25) is 4.90 Å². The molecule has 1 aromatic heterocycles. The minimum absolute atomic E-state index is 0.304. The summed E-state index contributed by atoms with van der Waals surface area (Å²) in [6, 6.07) is 1.95. The summed E-state index contributed by atoms with van der Waals surface area (Å²) >= 11 is 3.39. The Morgan fingerprint density at radius 3 is 3.00 bits per heavy atom. The van der Waals surface area contributed by atoms with Gasteiger partial charge in [0.25, 0.3) is 0 Å². The summed E-state index contributed by atoms with van der Waals surface area (Å²) in [7, 11) is 2.08. The van der Waals surface area contributed by atoms with E-state index >= 15 is 0 Å². The van der Waals surface area contributed by atoms with Gasteiger partial charge in [-0.15, -0.1) is 0 Å². The molecule has 1 saturated heterocycles. The lowest BCUT2D eigenvalue weighted by atomic mass is 10.1. The zero-order valence-corrected chi connectivity index (χ0v) is 9.66. The molecular formula is C10H13BrN2O. The van der Waals surface area contributed by atoms with Crippen molar-refractivity contribution >= 4 is 15.9 Å². The van der Waals surface area contributed by atoms with Crippen LogP contribution in [-0.2, 0) is 0 Å². The molecule has 0 radical (unpaired) electrons. The van der Waals surface area contributed by atoms with Gasteiger partial charge in [0.1, 0.15) is 10.4 Å². The molecule has 2 rings (SSSR count). The smallest absolute Gasteiger partial charge is 0.124 e. The number of hydrogen-bond donors (Lipinski definition) is 1. The number of aromatic hydroxyl groups is 1. The summed E-state index contributed by atoms with van der Waals surface area (Å²) in [6.45, 7) is 1.09. The van der Waals surface area contributed by atoms with E-state index in [-0.39, 0.29) is 0 Å². The molecule has 1 aliphatic heterocycles. The van der Waals surface area contributed by atoms with Gasteiger partial charge in [-0.05, 0) is 48.4 Å². The monoisotopic (exact) mass is 256 g/mol. The Bertz CT molecular complexity index is 323. The molecule has 2 heterocycles. The van der Waals surface area contributed by atoms with Crippen molar-refractivity contribution in [2.75, 3.05) is 13.6 Å². The first-order chi connectivity index (χ1) is 6.70. The normalized spacial score (nSPS) is 22.9. The van der Waals surface area contributed by atoms with Gasteiger partial charge in [-0.1, -0.05) is 0 Å². The highest BCUT2D eigenvalue weighted by molar-refractivity contribution is 9.10. The number of halogens is 1. The number of aromatic nitrogens is 1. The Kier molecular flexibility index (Phi) is 2.74. The third kappa shape index (κ3) is 1.64. The number of pyridine rings is 1. The number of hydrogen-bond acceptors (Lipinski definition) is 3. The van der Waals surface area contributed by atoms with Crippen LogP contribution in [0.1, 0.15) is 24.4 Å². The molecule has 1 N–H and O–H groups in total. The SMILES string of the molecule is CN1CCCC1c1c(O)ccnc1Br. The van der Waals surface area contributed by atoms with Crippen molar-refractivity contribution in [2.45, 2.75) is 18.9 Å². The second kappa shape index (κ2) is 3.87. The molecule has 0 spiro atoms. The van der Waals surface area contributed by atoms with Crippen LogP contribution in [0, 0.1) is 0 Å². The van der Waals surface area contributed by atoms with Crippen LogP contribution in [-0.4, -0.2) is 28.6 Å². The lowest BCUT2D eigenvalue weighted by molar-refractivity contribution is 0.307. The van der Waals surface area contributed by atoms with Crippen LogP contribution < -0.4 is 0 Å². The molecule has 0 bridgehead atoms. The average molecular weight is 257 g/mol. The minimum atomic E-state index is 0.304. The van der Waals surface area contributed by atoms with E-state index in [1.807, 2.05) is 0 Å². The summed E-state index contributed by atoms with van der Waals surface area (Å²) in [4.78, 5) is 6.40. The molecular weight excluding hydrogens is 244 g/mol. The van der Waals surface area contributed by atoms with Gasteiger partial charge in [-0.2, -0.15) is 0 Å². The maximum Gasteiger partial charge on any atom is 0.124 e. The Morgan fingerprint density at radius 1 is 1.64 bits per heavy atom.